The molecule has 1 unspecified atom stereocenters. The van der Waals surface area contributed by atoms with Gasteiger partial charge in [-0.2, -0.15) is 0 Å². The Labute approximate surface area is 146 Å². The maximum Gasteiger partial charge on any atom is 0.202 e. The fraction of sp³-hybridized carbons (Fsp3) is 0.133. The van der Waals surface area contributed by atoms with Crippen molar-refractivity contribution in [3.05, 3.63) is 61.5 Å². The van der Waals surface area contributed by atoms with Crippen LogP contribution in [-0.4, -0.2) is 11.9 Å². The molecule has 0 radical (unpaired) electrons. The maximum atomic E-state index is 12.3. The van der Waals surface area contributed by atoms with Gasteiger partial charge in [0.2, 0.25) is 5.78 Å². The molecule has 0 heterocycles. The highest BCUT2D eigenvalue weighted by atomic mass is 79.9. The third-order valence-corrected chi connectivity index (χ3v) is 4.52. The van der Waals surface area contributed by atoms with Gasteiger partial charge in [-0.05, 0) is 53.2 Å². The van der Waals surface area contributed by atoms with Gasteiger partial charge in [-0.3, -0.25) is 4.79 Å². The number of ketones is 1. The van der Waals surface area contributed by atoms with E-state index in [-0.39, 0.29) is 5.78 Å². The van der Waals surface area contributed by atoms with Crippen LogP contribution in [0.25, 0.3) is 0 Å². The Kier molecular flexibility index (Phi) is 5.55. The first kappa shape index (κ1) is 16.6. The fourth-order valence-corrected chi connectivity index (χ4v) is 2.65. The highest BCUT2D eigenvalue weighted by molar-refractivity contribution is 9.10. The van der Waals surface area contributed by atoms with Gasteiger partial charge in [-0.15, -0.1) is 0 Å². The summed E-state index contributed by atoms with van der Waals surface area (Å²) in [6.45, 7) is 1.66. The van der Waals surface area contributed by atoms with Crippen LogP contribution in [0.4, 0.5) is 0 Å². The summed E-state index contributed by atoms with van der Waals surface area (Å²) in [6.07, 6.45) is -0.694. The van der Waals surface area contributed by atoms with Crippen molar-refractivity contribution in [1.82, 2.24) is 0 Å². The van der Waals surface area contributed by atoms with Crippen LogP contribution >= 0.6 is 50.7 Å². The molecular formula is C15H10BrCl3O2. The molecular weight excluding hydrogens is 398 g/mol. The van der Waals surface area contributed by atoms with Crippen LogP contribution in [0, 0.1) is 0 Å². The number of rotatable bonds is 4. The molecule has 0 spiro atoms. The zero-order chi connectivity index (χ0) is 15.6. The lowest BCUT2D eigenvalue weighted by atomic mass is 10.1. The highest BCUT2D eigenvalue weighted by Gasteiger charge is 2.18. The summed E-state index contributed by atoms with van der Waals surface area (Å²) in [6, 6.07) is 9.82. The molecule has 0 N–H and O–H groups in total. The second kappa shape index (κ2) is 7.01. The number of hydrogen-bond acceptors (Lipinski definition) is 2. The van der Waals surface area contributed by atoms with Gasteiger partial charge in [0.05, 0.1) is 10.0 Å². The quantitative estimate of drug-likeness (QED) is 0.454. The molecule has 0 aromatic heterocycles. The minimum atomic E-state index is -0.694. The second-order valence-electron chi connectivity index (χ2n) is 4.33. The fourth-order valence-electron chi connectivity index (χ4n) is 1.69. The molecule has 0 saturated carbocycles. The molecule has 0 aliphatic heterocycles. The van der Waals surface area contributed by atoms with Crippen LogP contribution in [-0.2, 0) is 0 Å². The van der Waals surface area contributed by atoms with Crippen LogP contribution in [0.3, 0.4) is 0 Å². The lowest BCUT2D eigenvalue weighted by Gasteiger charge is -2.15. The van der Waals surface area contributed by atoms with E-state index in [4.69, 9.17) is 39.5 Å². The Balaban J connectivity index is 2.18. The van der Waals surface area contributed by atoms with Gasteiger partial charge in [0.1, 0.15) is 5.75 Å². The van der Waals surface area contributed by atoms with E-state index in [1.165, 1.54) is 0 Å². The monoisotopic (exact) mass is 406 g/mol. The van der Waals surface area contributed by atoms with Gasteiger partial charge in [0, 0.05) is 21.1 Å². The molecule has 0 aliphatic rings. The molecule has 2 rings (SSSR count). The summed E-state index contributed by atoms with van der Waals surface area (Å²) in [5.74, 6) is 0.196. The van der Waals surface area contributed by atoms with E-state index in [0.717, 1.165) is 0 Å². The summed E-state index contributed by atoms with van der Waals surface area (Å²) < 4.78 is 6.27. The summed E-state index contributed by atoms with van der Waals surface area (Å²) >= 11 is 21.1. The maximum absolute atomic E-state index is 12.3. The molecule has 6 heteroatoms. The molecule has 0 fully saturated rings. The average molecular weight is 409 g/mol. The van der Waals surface area contributed by atoms with Crippen molar-refractivity contribution >= 4 is 56.5 Å². The smallest absolute Gasteiger partial charge is 0.202 e. The van der Waals surface area contributed by atoms with Crippen LogP contribution < -0.4 is 4.74 Å². The summed E-state index contributed by atoms with van der Waals surface area (Å²) in [5, 5.41) is 1.41. The van der Waals surface area contributed by atoms with Gasteiger partial charge in [-0.25, -0.2) is 0 Å². The molecule has 21 heavy (non-hydrogen) atoms. The van der Waals surface area contributed by atoms with Gasteiger partial charge >= 0.3 is 0 Å². The first-order chi connectivity index (χ1) is 9.88. The van der Waals surface area contributed by atoms with Gasteiger partial charge in [-0.1, -0.05) is 34.8 Å². The average Bonchev–Trinajstić information content (AvgIpc) is 2.44. The third-order valence-electron chi connectivity index (χ3n) is 2.78. The van der Waals surface area contributed by atoms with Crippen LogP contribution in [0.15, 0.2) is 40.9 Å². The van der Waals surface area contributed by atoms with E-state index in [2.05, 4.69) is 15.9 Å². The second-order valence-corrected chi connectivity index (χ2v) is 6.43. The topological polar surface area (TPSA) is 26.3 Å². The largest absolute Gasteiger partial charge is 0.481 e. The summed E-state index contributed by atoms with van der Waals surface area (Å²) in [7, 11) is 0. The molecule has 0 aliphatic carbocycles. The van der Waals surface area contributed by atoms with Crippen LogP contribution in [0.1, 0.15) is 17.3 Å². The number of hydrogen-bond donors (Lipinski definition) is 0. The zero-order valence-electron chi connectivity index (χ0n) is 10.9. The standard InChI is InChI=1S/C15H10BrCl3O2/c1-8(15(20)9-2-4-10(17)5-3-9)21-14-7-12(18)11(16)6-13(14)19/h2-8H,1H3. The molecule has 0 saturated heterocycles. The van der Waals surface area contributed by atoms with Gasteiger partial charge in [0.25, 0.3) is 0 Å². The first-order valence-electron chi connectivity index (χ1n) is 5.99. The minimum absolute atomic E-state index is 0.165. The number of carbonyl (C=O) groups excluding carboxylic acids is 1. The Morgan fingerprint density at radius 2 is 1.71 bits per heavy atom. The molecule has 1 atom stereocenters. The van der Waals surface area contributed by atoms with E-state index in [0.29, 0.717) is 30.9 Å². The Morgan fingerprint density at radius 3 is 2.33 bits per heavy atom. The van der Waals surface area contributed by atoms with Gasteiger partial charge < -0.3 is 4.74 Å². The van der Waals surface area contributed by atoms with E-state index in [9.17, 15) is 4.79 Å². The number of benzene rings is 2. The third kappa shape index (κ3) is 4.13. The van der Waals surface area contributed by atoms with Crippen molar-refractivity contribution in [3.63, 3.8) is 0 Å². The minimum Gasteiger partial charge on any atom is -0.481 e. The lowest BCUT2D eigenvalue weighted by Crippen LogP contribution is -2.24. The first-order valence-corrected chi connectivity index (χ1v) is 7.92. The van der Waals surface area contributed by atoms with Crippen molar-refractivity contribution in [1.29, 1.82) is 0 Å². The number of Topliss-reactive ketones (excluding diaryl/α,β-unsaturated/α-hetero) is 1. The molecule has 110 valence electrons. The Bertz CT molecular complexity index is 671. The molecule has 2 nitrogen and oxygen atoms in total. The SMILES string of the molecule is CC(Oc1cc(Cl)c(Br)cc1Cl)C(=O)c1ccc(Cl)cc1. The Hall–Kier alpha value is -0.740. The van der Waals surface area contributed by atoms with E-state index in [1.54, 1.807) is 43.3 Å². The lowest BCUT2D eigenvalue weighted by molar-refractivity contribution is 0.0818. The normalized spacial score (nSPS) is 12.0. The van der Waals surface area contributed by atoms with Crippen LogP contribution in [0.5, 0.6) is 5.75 Å². The van der Waals surface area contributed by atoms with Crippen molar-refractivity contribution in [2.75, 3.05) is 0 Å². The van der Waals surface area contributed by atoms with Crippen LogP contribution in [0.2, 0.25) is 15.1 Å². The predicted octanol–water partition coefficient (Wildman–Crippen LogP) is 6.06. The van der Waals surface area contributed by atoms with Crippen molar-refractivity contribution in [3.8, 4) is 5.75 Å². The molecule has 2 aromatic carbocycles. The predicted molar refractivity (Wildman–Crippen MR) is 90.0 cm³/mol. The number of ether oxygens (including phenoxy) is 1. The van der Waals surface area contributed by atoms with E-state index in [1.807, 2.05) is 0 Å². The van der Waals surface area contributed by atoms with Crippen molar-refractivity contribution in [2.24, 2.45) is 0 Å². The summed E-state index contributed by atoms with van der Waals surface area (Å²) in [5.41, 5.74) is 0.520. The van der Waals surface area contributed by atoms with Gasteiger partial charge in [0.15, 0.2) is 6.10 Å². The Morgan fingerprint density at radius 1 is 1.10 bits per heavy atom. The molecule has 0 amide bonds. The number of halogens is 4. The number of carbonyl (C=O) groups is 1. The zero-order valence-corrected chi connectivity index (χ0v) is 14.7. The van der Waals surface area contributed by atoms with Crippen molar-refractivity contribution < 1.29 is 9.53 Å². The van der Waals surface area contributed by atoms with E-state index < -0.39 is 6.10 Å². The highest BCUT2D eigenvalue weighted by Crippen LogP contribution is 2.34. The molecule has 2 aromatic rings. The summed E-state index contributed by atoms with van der Waals surface area (Å²) in [4.78, 5) is 12.3. The molecule has 0 bridgehead atoms. The van der Waals surface area contributed by atoms with Crippen molar-refractivity contribution in [2.45, 2.75) is 13.0 Å². The van der Waals surface area contributed by atoms with E-state index >= 15 is 0 Å².